The fourth-order valence-corrected chi connectivity index (χ4v) is 2.32. The molecule has 0 saturated heterocycles. The maximum absolute atomic E-state index is 13.0. The lowest BCUT2D eigenvalue weighted by Gasteiger charge is -2.24. The first-order valence-corrected chi connectivity index (χ1v) is 7.03. The summed E-state index contributed by atoms with van der Waals surface area (Å²) in [5.41, 5.74) is -2.30. The quantitative estimate of drug-likeness (QED) is 0.354. The van der Waals surface area contributed by atoms with Crippen molar-refractivity contribution in [1.82, 2.24) is 5.43 Å². The summed E-state index contributed by atoms with van der Waals surface area (Å²) in [5, 5.41) is 3.22. The monoisotopic (exact) mass is 378 g/mol. The highest BCUT2D eigenvalue weighted by molar-refractivity contribution is 6.00. The van der Waals surface area contributed by atoms with E-state index in [-0.39, 0.29) is 11.6 Å². The van der Waals surface area contributed by atoms with Crippen molar-refractivity contribution >= 4 is 23.0 Å². The van der Waals surface area contributed by atoms with Crippen molar-refractivity contribution in [3.05, 3.63) is 35.2 Å². The number of hydrazone groups is 1. The number of hydrogen-bond acceptors (Lipinski definition) is 4. The number of methoxy groups -OCH3 is 1. The minimum Gasteiger partial charge on any atom is -0.482 e. The van der Waals surface area contributed by atoms with Crippen LogP contribution in [-0.2, 0) is 10.9 Å². The summed E-state index contributed by atoms with van der Waals surface area (Å²) in [5.74, 6) is -0.274. The van der Waals surface area contributed by atoms with Gasteiger partial charge in [-0.05, 0) is 19.1 Å². The van der Waals surface area contributed by atoms with Crippen molar-refractivity contribution in [3.63, 3.8) is 0 Å². The first kappa shape index (κ1) is 19.6. The average molecular weight is 378 g/mol. The lowest BCUT2D eigenvalue weighted by molar-refractivity contribution is -0.136. The molecule has 0 bridgehead atoms. The van der Waals surface area contributed by atoms with Crippen molar-refractivity contribution in [3.8, 4) is 0 Å². The Labute approximate surface area is 144 Å². The van der Waals surface area contributed by atoms with Gasteiger partial charge in [-0.25, -0.2) is 9.84 Å². The zero-order valence-corrected chi connectivity index (χ0v) is 13.5. The van der Waals surface area contributed by atoms with Crippen LogP contribution in [-0.4, -0.2) is 30.4 Å². The summed E-state index contributed by atoms with van der Waals surface area (Å²) >= 11 is 0. The molecule has 2 rings (SSSR count). The third-order valence-electron chi connectivity index (χ3n) is 3.59. The molecule has 0 aliphatic carbocycles. The van der Waals surface area contributed by atoms with E-state index < -0.39 is 41.3 Å². The van der Waals surface area contributed by atoms with Crippen LogP contribution in [0.1, 0.15) is 18.9 Å². The highest BCUT2D eigenvalue weighted by atomic mass is 19.4. The van der Waals surface area contributed by atoms with E-state index in [0.717, 1.165) is 19.2 Å². The van der Waals surface area contributed by atoms with Crippen molar-refractivity contribution in [1.29, 1.82) is 0 Å². The predicted octanol–water partition coefficient (Wildman–Crippen LogP) is 4.60. The molecule has 1 unspecified atom stereocenters. The van der Waals surface area contributed by atoms with Crippen LogP contribution in [0.25, 0.3) is 4.85 Å². The van der Waals surface area contributed by atoms with Crippen LogP contribution in [0.5, 0.6) is 0 Å². The highest BCUT2D eigenvalue weighted by Gasteiger charge is 2.47. The lowest BCUT2D eigenvalue weighted by Crippen LogP contribution is -2.45. The van der Waals surface area contributed by atoms with Crippen LogP contribution in [0.3, 0.4) is 0 Å². The Hall–Kier alpha value is -2.77. The van der Waals surface area contributed by atoms with Gasteiger partial charge in [0.05, 0.1) is 24.9 Å². The predicted molar refractivity (Wildman–Crippen MR) is 81.5 cm³/mol. The molecule has 0 saturated carbocycles. The third-order valence-corrected chi connectivity index (χ3v) is 3.59. The molecule has 0 amide bonds. The second-order valence-corrected chi connectivity index (χ2v) is 5.61. The van der Waals surface area contributed by atoms with Gasteiger partial charge in [0.1, 0.15) is 11.3 Å². The summed E-state index contributed by atoms with van der Waals surface area (Å²) in [4.78, 5) is 6.69. The van der Waals surface area contributed by atoms with Crippen LogP contribution in [0.2, 0.25) is 0 Å². The van der Waals surface area contributed by atoms with E-state index in [9.17, 15) is 26.3 Å². The topological polar surface area (TPSA) is 50.3 Å². The molecule has 0 radical (unpaired) electrons. The van der Waals surface area contributed by atoms with E-state index in [1.54, 1.807) is 0 Å². The first-order chi connectivity index (χ1) is 11.9. The maximum atomic E-state index is 13.0. The van der Waals surface area contributed by atoms with Gasteiger partial charge in [-0.2, -0.15) is 31.4 Å². The summed E-state index contributed by atoms with van der Waals surface area (Å²) in [6, 6.07) is 2.71. The Bertz CT molecular complexity index is 806. The molecular weight excluding hydrogens is 366 g/mol. The number of alkyl halides is 6. The Morgan fingerprint density at radius 1 is 1.27 bits per heavy atom. The third kappa shape index (κ3) is 3.89. The summed E-state index contributed by atoms with van der Waals surface area (Å²) in [7, 11) is 1.13. The van der Waals surface area contributed by atoms with Crippen molar-refractivity contribution in [2.75, 3.05) is 7.11 Å². The molecule has 1 aromatic rings. The normalized spacial score (nSPS) is 21.0. The fourth-order valence-electron chi connectivity index (χ4n) is 2.32. The standard InChI is InChI=1S/C15H12F6N4O/c1-13(7-11(24-25-13)15(19,20)21)12(26-3)23-8-4-5-10(22-2)9(6-8)14(16,17)18/h4-6,25H,7H2,1,3H3. The molecule has 140 valence electrons. The van der Waals surface area contributed by atoms with Gasteiger partial charge < -0.3 is 4.74 Å². The van der Waals surface area contributed by atoms with E-state index in [4.69, 9.17) is 11.3 Å². The van der Waals surface area contributed by atoms with Crippen LogP contribution in [0.15, 0.2) is 28.3 Å². The van der Waals surface area contributed by atoms with E-state index in [0.29, 0.717) is 6.07 Å². The molecule has 11 heteroatoms. The van der Waals surface area contributed by atoms with Crippen LogP contribution in [0.4, 0.5) is 37.7 Å². The van der Waals surface area contributed by atoms with Crippen molar-refractivity contribution in [2.45, 2.75) is 31.2 Å². The maximum Gasteiger partial charge on any atom is 0.431 e. The fraction of sp³-hybridized carbons (Fsp3) is 0.400. The molecule has 1 heterocycles. The zero-order chi connectivity index (χ0) is 19.8. The Morgan fingerprint density at radius 3 is 2.38 bits per heavy atom. The molecule has 0 fully saturated rings. The molecule has 0 aromatic heterocycles. The molecule has 1 aliphatic rings. The van der Waals surface area contributed by atoms with E-state index in [2.05, 4.69) is 20.4 Å². The number of nitrogens with one attached hydrogen (secondary N) is 1. The molecule has 0 spiro atoms. The second-order valence-electron chi connectivity index (χ2n) is 5.61. The van der Waals surface area contributed by atoms with Gasteiger partial charge in [-0.15, -0.1) is 0 Å². The highest BCUT2D eigenvalue weighted by Crippen LogP contribution is 2.39. The van der Waals surface area contributed by atoms with Crippen LogP contribution in [0, 0.1) is 6.57 Å². The largest absolute Gasteiger partial charge is 0.482 e. The van der Waals surface area contributed by atoms with Gasteiger partial charge in [0.2, 0.25) is 5.90 Å². The molecule has 26 heavy (non-hydrogen) atoms. The van der Waals surface area contributed by atoms with E-state index in [1.807, 2.05) is 0 Å². The van der Waals surface area contributed by atoms with Crippen molar-refractivity contribution < 1.29 is 31.1 Å². The van der Waals surface area contributed by atoms with Crippen molar-refractivity contribution in [2.24, 2.45) is 10.1 Å². The number of benzene rings is 1. The lowest BCUT2D eigenvalue weighted by atomic mass is 9.96. The number of hydrogen-bond donors (Lipinski definition) is 1. The summed E-state index contributed by atoms with van der Waals surface area (Å²) in [6.07, 6.45) is -10.0. The summed E-state index contributed by atoms with van der Waals surface area (Å²) < 4.78 is 82.3. The van der Waals surface area contributed by atoms with Gasteiger partial charge in [0, 0.05) is 6.42 Å². The second kappa shape index (κ2) is 6.51. The van der Waals surface area contributed by atoms with Crippen LogP contribution >= 0.6 is 0 Å². The molecular formula is C15H12F6N4O. The van der Waals surface area contributed by atoms with E-state index >= 15 is 0 Å². The number of ether oxygens (including phenoxy) is 1. The minimum absolute atomic E-state index is 0.218. The molecule has 1 aliphatic heterocycles. The average Bonchev–Trinajstić information content (AvgIpc) is 2.95. The van der Waals surface area contributed by atoms with E-state index in [1.165, 1.54) is 6.92 Å². The molecule has 1 atom stereocenters. The number of rotatable bonds is 2. The molecule has 5 nitrogen and oxygen atoms in total. The number of nitrogens with zero attached hydrogens (tertiary/aromatic N) is 3. The number of halogens is 6. The Morgan fingerprint density at radius 2 is 1.92 bits per heavy atom. The van der Waals surface area contributed by atoms with Gasteiger partial charge in [0.25, 0.3) is 0 Å². The molecule has 1 N–H and O–H groups in total. The van der Waals surface area contributed by atoms with Gasteiger partial charge in [0.15, 0.2) is 5.69 Å². The van der Waals surface area contributed by atoms with Gasteiger partial charge in [-0.3, -0.25) is 5.43 Å². The van der Waals surface area contributed by atoms with Crippen LogP contribution < -0.4 is 5.43 Å². The minimum atomic E-state index is -4.78. The summed E-state index contributed by atoms with van der Waals surface area (Å²) in [6.45, 7) is 8.12. The smallest absolute Gasteiger partial charge is 0.431 e. The van der Waals surface area contributed by atoms with Gasteiger partial charge in [-0.1, -0.05) is 6.07 Å². The SMILES string of the molecule is [C-]#[N+]c1ccc(N=C(OC)C2(C)CC(C(F)(F)F)=NN2)cc1C(F)(F)F. The molecule has 1 aromatic carbocycles. The first-order valence-electron chi connectivity index (χ1n) is 7.03. The van der Waals surface area contributed by atoms with Gasteiger partial charge >= 0.3 is 12.4 Å². The zero-order valence-electron chi connectivity index (χ0n) is 13.5. The number of aliphatic imine (C=N–C) groups is 1. The Balaban J connectivity index is 2.40. The Kier molecular flexibility index (Phi) is 4.90.